The normalized spacial score (nSPS) is 11.0. The van der Waals surface area contributed by atoms with Crippen molar-refractivity contribution in [3.8, 4) is 17.6 Å². The molecule has 3 nitrogen and oxygen atoms in total. The van der Waals surface area contributed by atoms with Crippen LogP contribution in [-0.2, 0) is 0 Å². The minimum absolute atomic E-state index is 0.620. The van der Waals surface area contributed by atoms with Gasteiger partial charge in [0.25, 0.3) is 0 Å². The number of nitriles is 1. The summed E-state index contributed by atoms with van der Waals surface area (Å²) in [5, 5.41) is 9.43. The molecule has 0 aliphatic heterocycles. The summed E-state index contributed by atoms with van der Waals surface area (Å²) in [5.74, 6) is 1.40. The summed E-state index contributed by atoms with van der Waals surface area (Å²) < 4.78 is 11.0. The molecule has 0 aromatic heterocycles. The van der Waals surface area contributed by atoms with Gasteiger partial charge in [-0.3, -0.25) is 0 Å². The van der Waals surface area contributed by atoms with Gasteiger partial charge >= 0.3 is 0 Å². The first-order valence-corrected chi connectivity index (χ1v) is 7.67. The number of aryl methyl sites for hydroxylation is 1. The zero-order valence-electron chi connectivity index (χ0n) is 13.8. The lowest BCUT2D eigenvalue weighted by molar-refractivity contribution is 0.294. The van der Waals surface area contributed by atoms with Gasteiger partial charge in [0.05, 0.1) is 25.4 Å². The fourth-order valence-corrected chi connectivity index (χ4v) is 2.19. The van der Waals surface area contributed by atoms with Crippen molar-refractivity contribution in [3.05, 3.63) is 59.2 Å². The standard InChI is InChI=1S/C20H21NO2/c1-4-11-23-19-10-7-16(13-20(19)22-3)12-18(14-21)17-8-5-15(2)6-9-17/h5-10,12-13H,4,11H2,1-3H3/b18-12+. The zero-order valence-corrected chi connectivity index (χ0v) is 13.8. The third-order valence-electron chi connectivity index (χ3n) is 3.44. The number of rotatable bonds is 6. The molecule has 0 N–H and O–H groups in total. The highest BCUT2D eigenvalue weighted by Crippen LogP contribution is 2.30. The Balaban J connectivity index is 2.33. The van der Waals surface area contributed by atoms with Crippen LogP contribution in [0.5, 0.6) is 11.5 Å². The molecule has 2 rings (SSSR count). The van der Waals surface area contributed by atoms with Crippen molar-refractivity contribution in [1.29, 1.82) is 5.26 Å². The molecule has 0 bridgehead atoms. The lowest BCUT2D eigenvalue weighted by Crippen LogP contribution is -1.97. The molecule has 0 atom stereocenters. The van der Waals surface area contributed by atoms with Crippen molar-refractivity contribution in [2.75, 3.05) is 13.7 Å². The predicted octanol–water partition coefficient (Wildman–Crippen LogP) is 4.86. The second kappa shape index (κ2) is 8.05. The highest BCUT2D eigenvalue weighted by molar-refractivity contribution is 5.89. The molecule has 3 heteroatoms. The molecule has 23 heavy (non-hydrogen) atoms. The molecular weight excluding hydrogens is 286 g/mol. The minimum Gasteiger partial charge on any atom is -0.493 e. The van der Waals surface area contributed by atoms with Crippen LogP contribution in [0.2, 0.25) is 0 Å². The van der Waals surface area contributed by atoms with E-state index in [1.54, 1.807) is 7.11 Å². The van der Waals surface area contributed by atoms with E-state index in [1.807, 2.05) is 55.5 Å². The molecule has 2 aromatic carbocycles. The van der Waals surface area contributed by atoms with Crippen LogP contribution in [0.25, 0.3) is 11.6 Å². The SMILES string of the molecule is CCCOc1ccc(/C=C(\C#N)c2ccc(C)cc2)cc1OC. The second-order valence-corrected chi connectivity index (χ2v) is 5.29. The predicted molar refractivity (Wildman–Crippen MR) is 93.4 cm³/mol. The maximum absolute atomic E-state index is 9.43. The number of ether oxygens (including phenoxy) is 2. The third-order valence-corrected chi connectivity index (χ3v) is 3.44. The Kier molecular flexibility index (Phi) is 5.82. The molecule has 0 radical (unpaired) electrons. The fourth-order valence-electron chi connectivity index (χ4n) is 2.19. The van der Waals surface area contributed by atoms with Crippen LogP contribution in [0.3, 0.4) is 0 Å². The maximum atomic E-state index is 9.43. The first-order chi connectivity index (χ1) is 11.2. The van der Waals surface area contributed by atoms with Gasteiger partial charge in [-0.1, -0.05) is 42.8 Å². The Hall–Kier alpha value is -2.73. The first-order valence-electron chi connectivity index (χ1n) is 7.67. The van der Waals surface area contributed by atoms with Gasteiger partial charge in [0.2, 0.25) is 0 Å². The molecule has 0 saturated carbocycles. The van der Waals surface area contributed by atoms with Crippen LogP contribution < -0.4 is 9.47 Å². The smallest absolute Gasteiger partial charge is 0.161 e. The van der Waals surface area contributed by atoms with Crippen LogP contribution in [0.4, 0.5) is 0 Å². The van der Waals surface area contributed by atoms with Gasteiger partial charge in [0.15, 0.2) is 11.5 Å². The van der Waals surface area contributed by atoms with Gasteiger partial charge in [-0.2, -0.15) is 5.26 Å². The Morgan fingerprint density at radius 3 is 2.48 bits per heavy atom. The monoisotopic (exact) mass is 307 g/mol. The number of hydrogen-bond donors (Lipinski definition) is 0. The number of nitrogens with zero attached hydrogens (tertiary/aromatic N) is 1. The molecule has 0 amide bonds. The summed E-state index contributed by atoms with van der Waals surface area (Å²) >= 11 is 0. The molecule has 0 aliphatic rings. The highest BCUT2D eigenvalue weighted by atomic mass is 16.5. The first kappa shape index (κ1) is 16.6. The Morgan fingerprint density at radius 2 is 1.87 bits per heavy atom. The van der Waals surface area contributed by atoms with E-state index in [0.29, 0.717) is 17.9 Å². The van der Waals surface area contributed by atoms with Crippen molar-refractivity contribution in [1.82, 2.24) is 0 Å². The van der Waals surface area contributed by atoms with E-state index < -0.39 is 0 Å². The van der Waals surface area contributed by atoms with E-state index in [-0.39, 0.29) is 0 Å². The molecule has 0 spiro atoms. The van der Waals surface area contributed by atoms with E-state index in [2.05, 4.69) is 13.0 Å². The van der Waals surface area contributed by atoms with E-state index in [9.17, 15) is 5.26 Å². The largest absolute Gasteiger partial charge is 0.493 e. The summed E-state index contributed by atoms with van der Waals surface area (Å²) in [6, 6.07) is 15.9. The molecule has 0 unspecified atom stereocenters. The van der Waals surface area contributed by atoms with Gasteiger partial charge in [-0.25, -0.2) is 0 Å². The van der Waals surface area contributed by atoms with Crippen molar-refractivity contribution in [2.24, 2.45) is 0 Å². The molecule has 0 fully saturated rings. The summed E-state index contributed by atoms with van der Waals surface area (Å²) in [4.78, 5) is 0. The van der Waals surface area contributed by atoms with Gasteiger partial charge in [0, 0.05) is 0 Å². The Morgan fingerprint density at radius 1 is 1.13 bits per heavy atom. The molecule has 0 saturated heterocycles. The van der Waals surface area contributed by atoms with E-state index in [1.165, 1.54) is 5.56 Å². The Bertz CT molecular complexity index is 724. The van der Waals surface area contributed by atoms with Crippen LogP contribution in [0.1, 0.15) is 30.0 Å². The lowest BCUT2D eigenvalue weighted by atomic mass is 10.0. The topological polar surface area (TPSA) is 42.2 Å². The minimum atomic E-state index is 0.620. The van der Waals surface area contributed by atoms with Crippen molar-refractivity contribution < 1.29 is 9.47 Å². The zero-order chi connectivity index (χ0) is 16.7. The van der Waals surface area contributed by atoms with Crippen LogP contribution >= 0.6 is 0 Å². The van der Waals surface area contributed by atoms with E-state index in [0.717, 1.165) is 23.3 Å². The average molecular weight is 307 g/mol. The third kappa shape index (κ3) is 4.37. The van der Waals surface area contributed by atoms with Crippen LogP contribution in [0.15, 0.2) is 42.5 Å². The Labute approximate surface area is 137 Å². The van der Waals surface area contributed by atoms with Gasteiger partial charge in [0.1, 0.15) is 0 Å². The average Bonchev–Trinajstić information content (AvgIpc) is 2.59. The molecule has 118 valence electrons. The summed E-state index contributed by atoms with van der Waals surface area (Å²) in [6.07, 6.45) is 2.80. The van der Waals surface area contributed by atoms with Gasteiger partial charge in [-0.05, 0) is 42.7 Å². The summed E-state index contributed by atoms with van der Waals surface area (Å²) in [7, 11) is 1.62. The van der Waals surface area contributed by atoms with Crippen LogP contribution in [-0.4, -0.2) is 13.7 Å². The van der Waals surface area contributed by atoms with Crippen molar-refractivity contribution >= 4 is 11.6 Å². The number of methoxy groups -OCH3 is 1. The summed E-state index contributed by atoms with van der Waals surface area (Å²) in [6.45, 7) is 4.74. The molecule has 0 aliphatic carbocycles. The van der Waals surface area contributed by atoms with Gasteiger partial charge < -0.3 is 9.47 Å². The second-order valence-electron chi connectivity index (χ2n) is 5.29. The van der Waals surface area contributed by atoms with Crippen LogP contribution in [0, 0.1) is 18.3 Å². The number of hydrogen-bond acceptors (Lipinski definition) is 3. The van der Waals surface area contributed by atoms with Crippen molar-refractivity contribution in [2.45, 2.75) is 20.3 Å². The number of allylic oxidation sites excluding steroid dienone is 1. The number of benzene rings is 2. The van der Waals surface area contributed by atoms with Gasteiger partial charge in [-0.15, -0.1) is 0 Å². The summed E-state index contributed by atoms with van der Waals surface area (Å²) in [5.41, 5.74) is 3.60. The maximum Gasteiger partial charge on any atom is 0.161 e. The van der Waals surface area contributed by atoms with Crippen molar-refractivity contribution in [3.63, 3.8) is 0 Å². The molecule has 2 aromatic rings. The fraction of sp³-hybridized carbons (Fsp3) is 0.250. The highest BCUT2D eigenvalue weighted by Gasteiger charge is 2.06. The lowest BCUT2D eigenvalue weighted by Gasteiger charge is -2.10. The quantitative estimate of drug-likeness (QED) is 0.565. The van der Waals surface area contributed by atoms with E-state index >= 15 is 0 Å². The molecular formula is C20H21NO2. The van der Waals surface area contributed by atoms with E-state index in [4.69, 9.17) is 9.47 Å². The molecule has 0 heterocycles.